The lowest BCUT2D eigenvalue weighted by Crippen LogP contribution is -2.21. The van der Waals surface area contributed by atoms with Gasteiger partial charge in [-0.2, -0.15) is 0 Å². The van der Waals surface area contributed by atoms with E-state index in [1.807, 2.05) is 0 Å². The SMILES string of the molecule is CC(C)C(CBr)COCC1CCCCC1. The van der Waals surface area contributed by atoms with Gasteiger partial charge in [-0.15, -0.1) is 0 Å². The molecular weight excluding hydrogens is 252 g/mol. The summed E-state index contributed by atoms with van der Waals surface area (Å²) in [6, 6.07) is 0. The van der Waals surface area contributed by atoms with Crippen molar-refractivity contribution >= 4 is 15.9 Å². The van der Waals surface area contributed by atoms with Gasteiger partial charge in [-0.3, -0.25) is 0 Å². The van der Waals surface area contributed by atoms with E-state index in [2.05, 4.69) is 29.8 Å². The Morgan fingerprint density at radius 1 is 1.20 bits per heavy atom. The van der Waals surface area contributed by atoms with Gasteiger partial charge in [-0.1, -0.05) is 49.0 Å². The standard InChI is InChI=1S/C13H25BrO/c1-11(2)13(8-14)10-15-9-12-6-4-3-5-7-12/h11-13H,3-10H2,1-2H3. The number of hydrogen-bond acceptors (Lipinski definition) is 1. The van der Waals surface area contributed by atoms with Gasteiger partial charge in [0.15, 0.2) is 0 Å². The molecule has 0 spiro atoms. The van der Waals surface area contributed by atoms with E-state index >= 15 is 0 Å². The molecule has 1 rings (SSSR count). The minimum absolute atomic E-state index is 0.675. The number of halogens is 1. The summed E-state index contributed by atoms with van der Waals surface area (Å²) in [7, 11) is 0. The van der Waals surface area contributed by atoms with E-state index in [4.69, 9.17) is 4.74 Å². The summed E-state index contributed by atoms with van der Waals surface area (Å²) in [6.07, 6.45) is 7.05. The lowest BCUT2D eigenvalue weighted by atomic mass is 9.90. The van der Waals surface area contributed by atoms with E-state index in [-0.39, 0.29) is 0 Å². The van der Waals surface area contributed by atoms with Crippen molar-refractivity contribution in [2.24, 2.45) is 17.8 Å². The Balaban J connectivity index is 2.08. The highest BCUT2D eigenvalue weighted by Crippen LogP contribution is 2.24. The monoisotopic (exact) mass is 276 g/mol. The third-order valence-electron chi connectivity index (χ3n) is 3.55. The predicted molar refractivity (Wildman–Crippen MR) is 69.5 cm³/mol. The van der Waals surface area contributed by atoms with E-state index < -0.39 is 0 Å². The summed E-state index contributed by atoms with van der Waals surface area (Å²) >= 11 is 3.56. The van der Waals surface area contributed by atoms with Crippen molar-refractivity contribution < 1.29 is 4.74 Å². The van der Waals surface area contributed by atoms with Crippen molar-refractivity contribution in [2.75, 3.05) is 18.5 Å². The molecule has 0 aliphatic heterocycles. The van der Waals surface area contributed by atoms with Gasteiger partial charge in [0, 0.05) is 11.9 Å². The molecule has 0 bridgehead atoms. The molecule has 0 N–H and O–H groups in total. The first-order valence-electron chi connectivity index (χ1n) is 6.37. The van der Waals surface area contributed by atoms with Crippen LogP contribution in [0.3, 0.4) is 0 Å². The van der Waals surface area contributed by atoms with Crippen molar-refractivity contribution in [2.45, 2.75) is 46.0 Å². The van der Waals surface area contributed by atoms with Crippen LogP contribution in [0, 0.1) is 17.8 Å². The second kappa shape index (κ2) is 7.67. The minimum Gasteiger partial charge on any atom is -0.381 e. The fourth-order valence-corrected chi connectivity index (χ4v) is 3.09. The Kier molecular flexibility index (Phi) is 6.91. The molecule has 0 aromatic rings. The first-order chi connectivity index (χ1) is 7.24. The Hall–Kier alpha value is 0.440. The van der Waals surface area contributed by atoms with Crippen LogP contribution < -0.4 is 0 Å². The molecule has 1 unspecified atom stereocenters. The average Bonchev–Trinajstić information content (AvgIpc) is 2.25. The van der Waals surface area contributed by atoms with Crippen molar-refractivity contribution in [1.82, 2.24) is 0 Å². The maximum Gasteiger partial charge on any atom is 0.0504 e. The minimum atomic E-state index is 0.675. The van der Waals surface area contributed by atoms with E-state index in [9.17, 15) is 0 Å². The van der Waals surface area contributed by atoms with Crippen LogP contribution in [-0.2, 0) is 4.74 Å². The van der Waals surface area contributed by atoms with E-state index in [0.717, 1.165) is 30.4 Å². The molecule has 1 saturated carbocycles. The first-order valence-corrected chi connectivity index (χ1v) is 7.50. The van der Waals surface area contributed by atoms with Crippen molar-refractivity contribution in [3.8, 4) is 0 Å². The third-order valence-corrected chi connectivity index (χ3v) is 4.38. The van der Waals surface area contributed by atoms with Crippen LogP contribution in [0.2, 0.25) is 0 Å². The second-order valence-electron chi connectivity index (χ2n) is 5.20. The summed E-state index contributed by atoms with van der Waals surface area (Å²) in [5.41, 5.74) is 0. The Bertz CT molecular complexity index is 153. The molecule has 15 heavy (non-hydrogen) atoms. The maximum absolute atomic E-state index is 5.86. The van der Waals surface area contributed by atoms with Gasteiger partial charge in [0.2, 0.25) is 0 Å². The van der Waals surface area contributed by atoms with Gasteiger partial charge in [-0.05, 0) is 30.6 Å². The van der Waals surface area contributed by atoms with Gasteiger partial charge in [0.05, 0.1) is 6.61 Å². The zero-order valence-electron chi connectivity index (χ0n) is 10.2. The van der Waals surface area contributed by atoms with Gasteiger partial charge in [0.1, 0.15) is 0 Å². The smallest absolute Gasteiger partial charge is 0.0504 e. The summed E-state index contributed by atoms with van der Waals surface area (Å²) in [4.78, 5) is 0. The fraction of sp³-hybridized carbons (Fsp3) is 1.00. The average molecular weight is 277 g/mol. The molecule has 1 aliphatic rings. The van der Waals surface area contributed by atoms with E-state index in [1.54, 1.807) is 0 Å². The fourth-order valence-electron chi connectivity index (χ4n) is 2.16. The molecule has 0 amide bonds. The second-order valence-corrected chi connectivity index (χ2v) is 5.85. The highest BCUT2D eigenvalue weighted by atomic mass is 79.9. The Morgan fingerprint density at radius 3 is 2.40 bits per heavy atom. The zero-order chi connectivity index (χ0) is 11.1. The van der Waals surface area contributed by atoms with Crippen LogP contribution >= 0.6 is 15.9 Å². The highest BCUT2D eigenvalue weighted by molar-refractivity contribution is 9.09. The van der Waals surface area contributed by atoms with Crippen LogP contribution in [0.1, 0.15) is 46.0 Å². The predicted octanol–water partition coefficient (Wildman–Crippen LogP) is 4.25. The summed E-state index contributed by atoms with van der Waals surface area (Å²) in [6.45, 7) is 6.47. The van der Waals surface area contributed by atoms with Crippen molar-refractivity contribution in [1.29, 1.82) is 0 Å². The third kappa shape index (κ3) is 5.35. The molecule has 0 saturated heterocycles. The Labute approximate surface area is 103 Å². The topological polar surface area (TPSA) is 9.23 Å². The van der Waals surface area contributed by atoms with E-state index in [0.29, 0.717) is 5.92 Å². The highest BCUT2D eigenvalue weighted by Gasteiger charge is 2.16. The van der Waals surface area contributed by atoms with Crippen molar-refractivity contribution in [3.63, 3.8) is 0 Å². The van der Waals surface area contributed by atoms with Crippen LogP contribution in [0.15, 0.2) is 0 Å². The van der Waals surface area contributed by atoms with E-state index in [1.165, 1.54) is 32.1 Å². The van der Waals surface area contributed by atoms with Gasteiger partial charge >= 0.3 is 0 Å². The molecule has 2 heteroatoms. The molecule has 1 fully saturated rings. The molecule has 0 aromatic heterocycles. The lowest BCUT2D eigenvalue weighted by Gasteiger charge is -2.23. The van der Waals surface area contributed by atoms with Crippen LogP contribution in [0.5, 0.6) is 0 Å². The molecule has 1 nitrogen and oxygen atoms in total. The van der Waals surface area contributed by atoms with Crippen LogP contribution in [0.25, 0.3) is 0 Å². The number of ether oxygens (including phenoxy) is 1. The molecule has 0 aromatic carbocycles. The number of hydrogen-bond donors (Lipinski definition) is 0. The lowest BCUT2D eigenvalue weighted by molar-refractivity contribution is 0.0553. The zero-order valence-corrected chi connectivity index (χ0v) is 11.8. The van der Waals surface area contributed by atoms with Crippen LogP contribution in [0.4, 0.5) is 0 Å². The van der Waals surface area contributed by atoms with Gasteiger partial charge in [0.25, 0.3) is 0 Å². The quantitative estimate of drug-likeness (QED) is 0.659. The van der Waals surface area contributed by atoms with Gasteiger partial charge < -0.3 is 4.74 Å². The summed E-state index contributed by atoms with van der Waals surface area (Å²) in [5, 5.41) is 1.06. The van der Waals surface area contributed by atoms with Gasteiger partial charge in [-0.25, -0.2) is 0 Å². The molecule has 0 heterocycles. The summed E-state index contributed by atoms with van der Waals surface area (Å²) in [5.74, 6) is 2.24. The normalized spacial score (nSPS) is 20.8. The maximum atomic E-state index is 5.86. The number of rotatable bonds is 6. The summed E-state index contributed by atoms with van der Waals surface area (Å²) < 4.78 is 5.86. The Morgan fingerprint density at radius 2 is 1.87 bits per heavy atom. The number of alkyl halides is 1. The van der Waals surface area contributed by atoms with Crippen molar-refractivity contribution in [3.05, 3.63) is 0 Å². The van der Waals surface area contributed by atoms with Crippen LogP contribution in [-0.4, -0.2) is 18.5 Å². The largest absolute Gasteiger partial charge is 0.381 e. The molecule has 1 atom stereocenters. The first kappa shape index (κ1) is 13.5. The molecule has 0 radical (unpaired) electrons. The molecule has 90 valence electrons. The molecular formula is C13H25BrO. The molecule has 1 aliphatic carbocycles.